The molecule has 0 bridgehead atoms. The third-order valence-corrected chi connectivity index (χ3v) is 2.96. The number of carbonyl (C=O) groups is 1. The summed E-state index contributed by atoms with van der Waals surface area (Å²) in [4.78, 5) is 12.0. The molecule has 118 valence electrons. The summed E-state index contributed by atoms with van der Waals surface area (Å²) >= 11 is 0. The molecule has 0 saturated heterocycles. The average Bonchev–Trinajstić information content (AvgIpc) is 3.07. The van der Waals surface area contributed by atoms with Crippen LogP contribution in [-0.2, 0) is 11.3 Å². The third kappa shape index (κ3) is 4.38. The van der Waals surface area contributed by atoms with Crippen LogP contribution in [0.2, 0.25) is 0 Å². The molecule has 1 aromatic carbocycles. The Morgan fingerprint density at radius 1 is 1.48 bits per heavy atom. The number of nitrogens with one attached hydrogen (secondary N) is 1. The normalized spacial score (nSPS) is 10.9. The molecule has 0 aliphatic rings. The highest BCUT2D eigenvalue weighted by Gasteiger charge is 2.10. The van der Waals surface area contributed by atoms with Crippen LogP contribution in [0.1, 0.15) is 18.2 Å². The molecule has 2 N–H and O–H groups in total. The van der Waals surface area contributed by atoms with Crippen LogP contribution in [-0.4, -0.2) is 17.6 Å². The van der Waals surface area contributed by atoms with E-state index in [1.807, 2.05) is 6.07 Å². The van der Waals surface area contributed by atoms with Gasteiger partial charge in [0.1, 0.15) is 17.4 Å². The molecule has 2 rings (SSSR count). The Kier molecular flexibility index (Phi) is 5.42. The minimum Gasteiger partial charge on any atom is -0.504 e. The Labute approximate surface area is 133 Å². The lowest BCUT2D eigenvalue weighted by Gasteiger charge is -2.07. The maximum Gasteiger partial charge on any atom is 0.262 e. The van der Waals surface area contributed by atoms with Gasteiger partial charge in [-0.2, -0.15) is 5.26 Å². The van der Waals surface area contributed by atoms with Crippen LogP contribution in [0.25, 0.3) is 6.08 Å². The molecule has 0 unspecified atom stereocenters. The summed E-state index contributed by atoms with van der Waals surface area (Å²) in [6.45, 7) is 2.39. The molecule has 0 atom stereocenters. The summed E-state index contributed by atoms with van der Waals surface area (Å²) in [5.74, 6) is 0.396. The van der Waals surface area contributed by atoms with Crippen molar-refractivity contribution in [2.24, 2.45) is 0 Å². The summed E-state index contributed by atoms with van der Waals surface area (Å²) in [7, 11) is 0. The minimum absolute atomic E-state index is 0.00442. The Morgan fingerprint density at radius 2 is 2.30 bits per heavy atom. The number of phenolic OH excluding ortho intramolecular Hbond substituents is 1. The number of benzene rings is 1. The zero-order valence-electron chi connectivity index (χ0n) is 12.6. The molecular formula is C17H16N2O4. The molecule has 1 heterocycles. The topological polar surface area (TPSA) is 95.5 Å². The first kappa shape index (κ1) is 16.2. The van der Waals surface area contributed by atoms with Gasteiger partial charge in [0.25, 0.3) is 5.91 Å². The second-order valence-corrected chi connectivity index (χ2v) is 4.59. The van der Waals surface area contributed by atoms with E-state index >= 15 is 0 Å². The van der Waals surface area contributed by atoms with Crippen molar-refractivity contribution < 1.29 is 19.1 Å². The Balaban J connectivity index is 2.13. The van der Waals surface area contributed by atoms with E-state index in [9.17, 15) is 9.90 Å². The van der Waals surface area contributed by atoms with Crippen LogP contribution >= 0.6 is 0 Å². The Morgan fingerprint density at radius 3 is 2.96 bits per heavy atom. The number of furan rings is 1. The maximum absolute atomic E-state index is 12.0. The molecule has 2 aromatic rings. The number of hydrogen-bond donors (Lipinski definition) is 2. The van der Waals surface area contributed by atoms with Crippen molar-refractivity contribution in [1.82, 2.24) is 5.32 Å². The van der Waals surface area contributed by atoms with Crippen molar-refractivity contribution in [3.05, 3.63) is 53.5 Å². The van der Waals surface area contributed by atoms with Crippen LogP contribution in [0.3, 0.4) is 0 Å². The van der Waals surface area contributed by atoms with E-state index in [1.165, 1.54) is 18.4 Å². The zero-order chi connectivity index (χ0) is 16.7. The maximum atomic E-state index is 12.0. The van der Waals surface area contributed by atoms with Crippen LogP contribution < -0.4 is 10.1 Å². The van der Waals surface area contributed by atoms with Crippen molar-refractivity contribution in [3.63, 3.8) is 0 Å². The third-order valence-electron chi connectivity index (χ3n) is 2.96. The molecule has 6 nitrogen and oxygen atoms in total. The van der Waals surface area contributed by atoms with Gasteiger partial charge in [0, 0.05) is 0 Å². The summed E-state index contributed by atoms with van der Waals surface area (Å²) in [5.41, 5.74) is 0.528. The van der Waals surface area contributed by atoms with Gasteiger partial charge in [0.15, 0.2) is 11.5 Å². The van der Waals surface area contributed by atoms with Crippen molar-refractivity contribution in [1.29, 1.82) is 5.26 Å². The second kappa shape index (κ2) is 7.71. The molecule has 0 saturated carbocycles. The van der Waals surface area contributed by atoms with Gasteiger partial charge in [0.05, 0.1) is 19.4 Å². The number of amides is 1. The van der Waals surface area contributed by atoms with Crippen LogP contribution in [0.4, 0.5) is 0 Å². The molecule has 0 radical (unpaired) electrons. The number of nitriles is 1. The number of nitrogens with zero attached hydrogens (tertiary/aromatic N) is 1. The van der Waals surface area contributed by atoms with E-state index in [4.69, 9.17) is 14.4 Å². The van der Waals surface area contributed by atoms with Crippen molar-refractivity contribution in [2.45, 2.75) is 13.5 Å². The number of phenols is 1. The van der Waals surface area contributed by atoms with Crippen LogP contribution in [0.5, 0.6) is 11.5 Å². The van der Waals surface area contributed by atoms with Gasteiger partial charge < -0.3 is 19.6 Å². The lowest BCUT2D eigenvalue weighted by atomic mass is 10.1. The number of rotatable bonds is 6. The highest BCUT2D eigenvalue weighted by molar-refractivity contribution is 6.01. The van der Waals surface area contributed by atoms with Gasteiger partial charge in [-0.1, -0.05) is 6.07 Å². The number of aromatic hydroxyl groups is 1. The number of carbonyl (C=O) groups excluding carboxylic acids is 1. The molecule has 0 fully saturated rings. The standard InChI is InChI=1S/C17H16N2O4/c1-2-22-16-9-12(5-6-15(16)20)8-13(10-18)17(21)19-11-14-4-3-7-23-14/h3-9,20H,2,11H2,1H3,(H,19,21)/b13-8+. The zero-order valence-corrected chi connectivity index (χ0v) is 12.6. The molecule has 0 aliphatic heterocycles. The van der Waals surface area contributed by atoms with Gasteiger partial charge in [-0.05, 0) is 42.8 Å². The van der Waals surface area contributed by atoms with E-state index < -0.39 is 5.91 Å². The quantitative estimate of drug-likeness (QED) is 0.631. The van der Waals surface area contributed by atoms with E-state index in [1.54, 1.807) is 31.2 Å². The van der Waals surface area contributed by atoms with Gasteiger partial charge in [-0.15, -0.1) is 0 Å². The second-order valence-electron chi connectivity index (χ2n) is 4.59. The Bertz CT molecular complexity index is 742. The predicted molar refractivity (Wildman–Crippen MR) is 83.4 cm³/mol. The van der Waals surface area contributed by atoms with Crippen LogP contribution in [0, 0.1) is 11.3 Å². The van der Waals surface area contributed by atoms with Gasteiger partial charge in [-0.3, -0.25) is 4.79 Å². The van der Waals surface area contributed by atoms with Gasteiger partial charge in [-0.25, -0.2) is 0 Å². The largest absolute Gasteiger partial charge is 0.504 e. The average molecular weight is 312 g/mol. The van der Waals surface area contributed by atoms with E-state index in [2.05, 4.69) is 5.32 Å². The number of hydrogen-bond acceptors (Lipinski definition) is 5. The molecular weight excluding hydrogens is 296 g/mol. The summed E-state index contributed by atoms with van der Waals surface area (Å²) < 4.78 is 10.4. The lowest BCUT2D eigenvalue weighted by Crippen LogP contribution is -2.23. The summed E-state index contributed by atoms with van der Waals surface area (Å²) in [6.07, 6.45) is 2.94. The van der Waals surface area contributed by atoms with Crippen molar-refractivity contribution in [3.8, 4) is 17.6 Å². The highest BCUT2D eigenvalue weighted by atomic mass is 16.5. The molecule has 1 amide bonds. The van der Waals surface area contributed by atoms with Gasteiger partial charge >= 0.3 is 0 Å². The fourth-order valence-corrected chi connectivity index (χ4v) is 1.88. The fourth-order valence-electron chi connectivity index (χ4n) is 1.88. The first-order chi connectivity index (χ1) is 11.1. The highest BCUT2D eigenvalue weighted by Crippen LogP contribution is 2.27. The minimum atomic E-state index is -0.505. The van der Waals surface area contributed by atoms with E-state index in [0.29, 0.717) is 23.7 Å². The fraction of sp³-hybridized carbons (Fsp3) is 0.176. The SMILES string of the molecule is CCOc1cc(/C=C(\C#N)C(=O)NCc2ccco2)ccc1O. The summed E-state index contributed by atoms with van der Waals surface area (Å²) in [6, 6.07) is 9.91. The number of ether oxygens (including phenoxy) is 1. The van der Waals surface area contributed by atoms with Crippen molar-refractivity contribution in [2.75, 3.05) is 6.61 Å². The molecule has 0 aliphatic carbocycles. The molecule has 1 aromatic heterocycles. The Hall–Kier alpha value is -3.20. The first-order valence-electron chi connectivity index (χ1n) is 7.02. The van der Waals surface area contributed by atoms with E-state index in [-0.39, 0.29) is 17.9 Å². The molecule has 23 heavy (non-hydrogen) atoms. The van der Waals surface area contributed by atoms with Gasteiger partial charge in [0.2, 0.25) is 0 Å². The molecule has 6 heteroatoms. The summed E-state index contributed by atoms with van der Waals surface area (Å²) in [5, 5.41) is 21.4. The van der Waals surface area contributed by atoms with Crippen LogP contribution in [0.15, 0.2) is 46.6 Å². The smallest absolute Gasteiger partial charge is 0.262 e. The molecule has 0 spiro atoms. The predicted octanol–water partition coefficient (Wildman–Crippen LogP) is 2.61. The van der Waals surface area contributed by atoms with Crippen molar-refractivity contribution >= 4 is 12.0 Å². The monoisotopic (exact) mass is 312 g/mol. The van der Waals surface area contributed by atoms with E-state index in [0.717, 1.165) is 0 Å². The lowest BCUT2D eigenvalue weighted by molar-refractivity contribution is -0.117. The first-order valence-corrected chi connectivity index (χ1v) is 7.02.